The van der Waals surface area contributed by atoms with E-state index in [1.807, 2.05) is 27.7 Å². The molecule has 0 saturated carbocycles. The first kappa shape index (κ1) is 13.3. The van der Waals surface area contributed by atoms with Crippen LogP contribution >= 0.6 is 0 Å². The van der Waals surface area contributed by atoms with Crippen molar-refractivity contribution in [3.05, 3.63) is 42.2 Å². The van der Waals surface area contributed by atoms with Crippen LogP contribution in [0, 0.1) is 5.82 Å². The van der Waals surface area contributed by atoms with Crippen molar-refractivity contribution >= 4 is 12.6 Å². The third-order valence-electron chi connectivity index (χ3n) is 3.75. The minimum atomic E-state index is -0.486. The van der Waals surface area contributed by atoms with Gasteiger partial charge in [0.05, 0.1) is 11.2 Å². The van der Waals surface area contributed by atoms with E-state index < -0.39 is 7.12 Å². The molecule has 0 spiro atoms. The van der Waals surface area contributed by atoms with E-state index in [0.29, 0.717) is 5.47 Å². The minimum Gasteiger partial charge on any atom is -0.399 e. The normalized spacial score (nSPS) is 21.1. The number of hydrogen-bond acceptors (Lipinski definition) is 2. The lowest BCUT2D eigenvalue weighted by molar-refractivity contribution is 0.00578. The van der Waals surface area contributed by atoms with Gasteiger partial charge in [-0.15, -0.1) is 0 Å². The fraction of sp³-hybridized carbons (Fsp3) is 0.429. The molecule has 0 N–H and O–H groups in total. The van der Waals surface area contributed by atoms with Crippen LogP contribution < -0.4 is 0 Å². The summed E-state index contributed by atoms with van der Waals surface area (Å²) in [5.74, 6) is -0.263. The highest BCUT2D eigenvalue weighted by Crippen LogP contribution is 2.39. The summed E-state index contributed by atoms with van der Waals surface area (Å²) in [6, 6.07) is 6.18. The molecule has 1 aromatic carbocycles. The van der Waals surface area contributed by atoms with Crippen LogP contribution in [-0.4, -0.2) is 18.3 Å². The van der Waals surface area contributed by atoms with Crippen LogP contribution in [0.2, 0.25) is 0 Å². The van der Waals surface area contributed by atoms with Crippen LogP contribution in [-0.2, 0) is 9.31 Å². The Kier molecular flexibility index (Phi) is 3.12. The van der Waals surface area contributed by atoms with Gasteiger partial charge in [0.15, 0.2) is 0 Å². The highest BCUT2D eigenvalue weighted by atomic mass is 19.1. The maximum atomic E-state index is 12.9. The van der Waals surface area contributed by atoms with Crippen LogP contribution in [0.1, 0.15) is 33.3 Å². The summed E-state index contributed by atoms with van der Waals surface area (Å²) in [5, 5.41) is 0. The first-order chi connectivity index (χ1) is 8.23. The van der Waals surface area contributed by atoms with E-state index in [-0.39, 0.29) is 17.0 Å². The van der Waals surface area contributed by atoms with E-state index in [2.05, 4.69) is 6.58 Å². The first-order valence-electron chi connectivity index (χ1n) is 6.03. The summed E-state index contributed by atoms with van der Waals surface area (Å²) in [6.07, 6.45) is 0. The van der Waals surface area contributed by atoms with Gasteiger partial charge in [0.2, 0.25) is 0 Å². The second kappa shape index (κ2) is 4.21. The molecule has 0 unspecified atom stereocenters. The lowest BCUT2D eigenvalue weighted by Crippen LogP contribution is -2.41. The van der Waals surface area contributed by atoms with Crippen molar-refractivity contribution in [1.82, 2.24) is 0 Å². The maximum absolute atomic E-state index is 12.9. The van der Waals surface area contributed by atoms with Crippen LogP contribution in [0.15, 0.2) is 30.8 Å². The molecule has 18 heavy (non-hydrogen) atoms. The zero-order valence-electron chi connectivity index (χ0n) is 11.3. The minimum absolute atomic E-state index is 0.263. The summed E-state index contributed by atoms with van der Waals surface area (Å²) in [5.41, 5.74) is 0.768. The molecular formula is C14H18BFO2. The molecule has 4 heteroatoms. The van der Waals surface area contributed by atoms with Crippen molar-refractivity contribution in [1.29, 1.82) is 0 Å². The Balaban J connectivity index is 2.20. The molecule has 1 fully saturated rings. The molecule has 0 atom stereocenters. The van der Waals surface area contributed by atoms with Gasteiger partial charge in [-0.2, -0.15) is 0 Å². The average molecular weight is 248 g/mol. The van der Waals surface area contributed by atoms with Gasteiger partial charge in [-0.25, -0.2) is 4.39 Å². The van der Waals surface area contributed by atoms with E-state index in [9.17, 15) is 4.39 Å². The van der Waals surface area contributed by atoms with Crippen molar-refractivity contribution in [3.8, 4) is 0 Å². The van der Waals surface area contributed by atoms with Gasteiger partial charge in [0, 0.05) is 0 Å². The Morgan fingerprint density at radius 3 is 1.94 bits per heavy atom. The highest BCUT2D eigenvalue weighted by Gasteiger charge is 2.52. The Hall–Kier alpha value is -1.13. The monoisotopic (exact) mass is 248 g/mol. The van der Waals surface area contributed by atoms with E-state index >= 15 is 0 Å². The Morgan fingerprint density at radius 2 is 1.50 bits per heavy atom. The number of halogens is 1. The van der Waals surface area contributed by atoms with Crippen molar-refractivity contribution in [2.45, 2.75) is 38.9 Å². The lowest BCUT2D eigenvalue weighted by Gasteiger charge is -2.32. The second-order valence-corrected chi connectivity index (χ2v) is 5.62. The van der Waals surface area contributed by atoms with Gasteiger partial charge in [0.25, 0.3) is 0 Å². The molecule has 0 bridgehead atoms. The Morgan fingerprint density at radius 1 is 1.06 bits per heavy atom. The lowest BCUT2D eigenvalue weighted by atomic mass is 9.75. The predicted octanol–water partition coefficient (Wildman–Crippen LogP) is 3.47. The summed E-state index contributed by atoms with van der Waals surface area (Å²) in [4.78, 5) is 0. The van der Waals surface area contributed by atoms with Crippen molar-refractivity contribution in [2.75, 3.05) is 0 Å². The highest BCUT2D eigenvalue weighted by molar-refractivity contribution is 6.68. The molecule has 1 heterocycles. The zero-order valence-corrected chi connectivity index (χ0v) is 11.3. The molecule has 96 valence electrons. The molecule has 0 aromatic heterocycles. The number of hydrogen-bond donors (Lipinski definition) is 0. The Bertz CT molecular complexity index is 449. The quantitative estimate of drug-likeness (QED) is 0.746. The standard InChI is InChI=1S/C14H18BFO2/c1-10(11-6-8-12(16)9-7-11)15-17-13(2,3)14(4,5)18-15/h6-9H,1H2,2-5H3. The van der Waals surface area contributed by atoms with E-state index in [0.717, 1.165) is 5.56 Å². The smallest absolute Gasteiger partial charge is 0.399 e. The summed E-state index contributed by atoms with van der Waals surface area (Å²) < 4.78 is 24.7. The number of benzene rings is 1. The van der Waals surface area contributed by atoms with Gasteiger partial charge >= 0.3 is 7.12 Å². The molecular weight excluding hydrogens is 230 g/mol. The van der Waals surface area contributed by atoms with Crippen molar-refractivity contribution < 1.29 is 13.7 Å². The Labute approximate surface area is 108 Å². The molecule has 0 amide bonds. The van der Waals surface area contributed by atoms with E-state index in [4.69, 9.17) is 9.31 Å². The average Bonchev–Trinajstić information content (AvgIpc) is 2.48. The van der Waals surface area contributed by atoms with E-state index in [1.165, 1.54) is 12.1 Å². The third-order valence-corrected chi connectivity index (χ3v) is 3.75. The van der Waals surface area contributed by atoms with Gasteiger partial charge in [-0.05, 0) is 50.9 Å². The molecule has 0 aliphatic carbocycles. The van der Waals surface area contributed by atoms with Crippen molar-refractivity contribution in [3.63, 3.8) is 0 Å². The molecule has 1 saturated heterocycles. The summed E-state index contributed by atoms with van der Waals surface area (Å²) in [7, 11) is -0.486. The second-order valence-electron chi connectivity index (χ2n) is 5.62. The van der Waals surface area contributed by atoms with Crippen LogP contribution in [0.25, 0.3) is 5.47 Å². The fourth-order valence-electron chi connectivity index (χ4n) is 1.79. The fourth-order valence-corrected chi connectivity index (χ4v) is 1.79. The summed E-state index contributed by atoms with van der Waals surface area (Å²) in [6.45, 7) is 12.0. The van der Waals surface area contributed by atoms with Gasteiger partial charge in [-0.3, -0.25) is 0 Å². The topological polar surface area (TPSA) is 18.5 Å². The van der Waals surface area contributed by atoms with Crippen LogP contribution in [0.5, 0.6) is 0 Å². The van der Waals surface area contributed by atoms with E-state index in [1.54, 1.807) is 12.1 Å². The van der Waals surface area contributed by atoms with Gasteiger partial charge in [-0.1, -0.05) is 18.7 Å². The van der Waals surface area contributed by atoms with Crippen molar-refractivity contribution in [2.24, 2.45) is 0 Å². The SMILES string of the molecule is C=C(B1OC(C)(C)C(C)(C)O1)c1ccc(F)cc1. The molecule has 1 aliphatic heterocycles. The molecule has 1 aromatic rings. The first-order valence-corrected chi connectivity index (χ1v) is 6.03. The number of rotatable bonds is 2. The molecule has 1 aliphatic rings. The van der Waals surface area contributed by atoms with Crippen LogP contribution in [0.3, 0.4) is 0 Å². The van der Waals surface area contributed by atoms with Gasteiger partial charge < -0.3 is 9.31 Å². The zero-order chi connectivity index (χ0) is 13.6. The molecule has 2 nitrogen and oxygen atoms in total. The third kappa shape index (κ3) is 2.23. The van der Waals surface area contributed by atoms with Gasteiger partial charge in [0.1, 0.15) is 5.82 Å². The largest absolute Gasteiger partial charge is 0.494 e. The maximum Gasteiger partial charge on any atom is 0.494 e. The summed E-state index contributed by atoms with van der Waals surface area (Å²) >= 11 is 0. The van der Waals surface area contributed by atoms with Crippen LogP contribution in [0.4, 0.5) is 4.39 Å². The molecule has 2 rings (SSSR count). The predicted molar refractivity (Wildman–Crippen MR) is 71.5 cm³/mol. The molecule has 0 radical (unpaired) electrons.